The molecular formula is C38H44BrN3O6Si. The molecule has 0 saturated carbocycles. The van der Waals surface area contributed by atoms with Crippen molar-refractivity contribution in [1.82, 2.24) is 4.90 Å². The van der Waals surface area contributed by atoms with Crippen molar-refractivity contribution in [2.45, 2.75) is 88.5 Å². The Bertz CT molecular complexity index is 1800. The molecule has 4 aliphatic heterocycles. The molecule has 5 atom stereocenters. The highest BCUT2D eigenvalue weighted by atomic mass is 79.9. The van der Waals surface area contributed by atoms with Crippen molar-refractivity contribution in [3.05, 3.63) is 93.5 Å². The summed E-state index contributed by atoms with van der Waals surface area (Å²) in [5.41, 5.74) is 3.55. The number of piperidine rings is 1. The quantitative estimate of drug-likeness (QED) is 0.303. The zero-order valence-electron chi connectivity index (χ0n) is 28.3. The Labute approximate surface area is 297 Å². The van der Waals surface area contributed by atoms with Crippen LogP contribution >= 0.6 is 15.9 Å². The first-order chi connectivity index (χ1) is 23.4. The smallest absolute Gasteiger partial charge is 0.264 e. The molecule has 2 saturated heterocycles. The first-order valence-electron chi connectivity index (χ1n) is 17.3. The number of amides is 3. The second-order valence-electron chi connectivity index (χ2n) is 14.6. The summed E-state index contributed by atoms with van der Waals surface area (Å²) in [6.45, 7) is 6.88. The lowest BCUT2D eigenvalue weighted by Crippen LogP contribution is -2.48. The molecule has 258 valence electrons. The standard InChI is InChI=1S/C38H44BrN3O6Si/c1-24-36(49(2,3)47)33(20-35(45)41-22-27-11-5-4-10-26(27)18-30(41)23-43)48-38(24)31-19-28(39)14-15-32(31)42(37(38)46)21-25-9-8-12-29(17-25)40-16-7-6-13-34(40)44/h4-5,8-12,14-15,17,19,24,30,33,36,43,47H,6-7,13,16,18,20-23H2,1-3H3/t24-,30-,33+,36-,38+/m0/s1. The molecule has 0 unspecified atom stereocenters. The molecule has 3 amide bonds. The number of carbonyl (C=O) groups excluding carboxylic acids is 3. The summed E-state index contributed by atoms with van der Waals surface area (Å²) in [7, 11) is -3.00. The molecule has 1 spiro atoms. The van der Waals surface area contributed by atoms with E-state index < -0.39 is 31.5 Å². The normalized spacial score (nSPS) is 26.8. The van der Waals surface area contributed by atoms with Crippen LogP contribution in [0.25, 0.3) is 0 Å². The number of anilines is 2. The van der Waals surface area contributed by atoms with Gasteiger partial charge in [0.25, 0.3) is 5.91 Å². The first-order valence-corrected chi connectivity index (χ1v) is 21.1. The number of halogens is 1. The molecule has 4 heterocycles. The number of aliphatic hydroxyl groups is 1. The summed E-state index contributed by atoms with van der Waals surface area (Å²) in [6, 6.07) is 21.2. The lowest BCUT2D eigenvalue weighted by atomic mass is 9.82. The van der Waals surface area contributed by atoms with Crippen LogP contribution in [-0.4, -0.2) is 66.1 Å². The van der Waals surface area contributed by atoms with Crippen molar-refractivity contribution >= 4 is 53.3 Å². The fourth-order valence-electron chi connectivity index (χ4n) is 8.82. The van der Waals surface area contributed by atoms with Crippen LogP contribution in [0.5, 0.6) is 0 Å². The van der Waals surface area contributed by atoms with Crippen LogP contribution in [0.3, 0.4) is 0 Å². The summed E-state index contributed by atoms with van der Waals surface area (Å²) >= 11 is 3.62. The fourth-order valence-corrected chi connectivity index (χ4v) is 11.7. The highest BCUT2D eigenvalue weighted by molar-refractivity contribution is 9.10. The molecule has 2 fully saturated rings. The molecule has 3 aromatic carbocycles. The maximum atomic E-state index is 14.9. The van der Waals surface area contributed by atoms with Crippen LogP contribution in [-0.2, 0) is 44.2 Å². The van der Waals surface area contributed by atoms with Gasteiger partial charge in [-0.2, -0.15) is 0 Å². The van der Waals surface area contributed by atoms with Crippen LogP contribution in [0.4, 0.5) is 11.4 Å². The number of rotatable bonds is 7. The van der Waals surface area contributed by atoms with Gasteiger partial charge in [0.2, 0.25) is 11.8 Å². The molecule has 3 aromatic rings. The highest BCUT2D eigenvalue weighted by Crippen LogP contribution is 2.60. The molecule has 9 nitrogen and oxygen atoms in total. The van der Waals surface area contributed by atoms with E-state index in [0.717, 1.165) is 50.9 Å². The molecule has 2 N–H and O–H groups in total. The number of ether oxygens (including phenoxy) is 1. The van der Waals surface area contributed by atoms with Gasteiger partial charge in [-0.25, -0.2) is 0 Å². The SMILES string of the molecule is C[C@H]1[C@H]([Si](C)(C)O)[C@@H](CC(=O)N2Cc3ccccc3C[C@H]2CO)O[C@]12C(=O)N(Cc1cccc(N3CCCCC3=O)c1)c1ccc(Br)cc12. The number of fused-ring (bicyclic) bond motifs is 3. The fraction of sp³-hybridized carbons (Fsp3) is 0.447. The Morgan fingerprint density at radius 3 is 2.55 bits per heavy atom. The number of aliphatic hydroxyl groups excluding tert-OH is 1. The summed E-state index contributed by atoms with van der Waals surface area (Å²) < 4.78 is 7.76. The van der Waals surface area contributed by atoms with Gasteiger partial charge < -0.3 is 29.3 Å². The summed E-state index contributed by atoms with van der Waals surface area (Å²) in [6.07, 6.45) is 2.26. The Morgan fingerprint density at radius 2 is 1.82 bits per heavy atom. The predicted octanol–water partition coefficient (Wildman–Crippen LogP) is 5.65. The Hall–Kier alpha value is -3.35. The van der Waals surface area contributed by atoms with Crippen molar-refractivity contribution in [1.29, 1.82) is 0 Å². The molecule has 0 aromatic heterocycles. The lowest BCUT2D eigenvalue weighted by molar-refractivity contribution is -0.151. The van der Waals surface area contributed by atoms with Crippen molar-refractivity contribution in [3.8, 4) is 0 Å². The minimum atomic E-state index is -3.00. The van der Waals surface area contributed by atoms with E-state index in [1.807, 2.05) is 91.6 Å². The van der Waals surface area contributed by atoms with Crippen molar-refractivity contribution in [2.24, 2.45) is 5.92 Å². The predicted molar refractivity (Wildman–Crippen MR) is 193 cm³/mol. The van der Waals surface area contributed by atoms with Crippen molar-refractivity contribution < 1.29 is 29.0 Å². The Morgan fingerprint density at radius 1 is 1.04 bits per heavy atom. The van der Waals surface area contributed by atoms with Gasteiger partial charge in [-0.3, -0.25) is 14.4 Å². The van der Waals surface area contributed by atoms with Gasteiger partial charge in [0, 0.05) is 46.7 Å². The largest absolute Gasteiger partial charge is 0.432 e. The second kappa shape index (κ2) is 13.1. The maximum Gasteiger partial charge on any atom is 0.264 e. The third-order valence-electron chi connectivity index (χ3n) is 11.1. The van der Waals surface area contributed by atoms with Gasteiger partial charge in [-0.1, -0.05) is 59.3 Å². The maximum absolute atomic E-state index is 14.9. The number of hydrogen-bond acceptors (Lipinski definition) is 6. The minimum Gasteiger partial charge on any atom is -0.432 e. The zero-order chi connectivity index (χ0) is 34.7. The summed E-state index contributed by atoms with van der Waals surface area (Å²) in [5, 5.41) is 10.3. The van der Waals surface area contributed by atoms with E-state index >= 15 is 0 Å². The van der Waals surface area contributed by atoms with Crippen molar-refractivity contribution in [2.75, 3.05) is 23.0 Å². The van der Waals surface area contributed by atoms with Crippen LogP contribution in [0.1, 0.15) is 54.9 Å². The average molecular weight is 747 g/mol. The molecule has 0 bridgehead atoms. The van der Waals surface area contributed by atoms with E-state index in [1.165, 1.54) is 0 Å². The number of benzene rings is 3. The van der Waals surface area contributed by atoms with E-state index in [2.05, 4.69) is 15.9 Å². The van der Waals surface area contributed by atoms with Gasteiger partial charge >= 0.3 is 0 Å². The van der Waals surface area contributed by atoms with E-state index in [1.54, 1.807) is 9.80 Å². The van der Waals surface area contributed by atoms with Crippen LogP contribution < -0.4 is 9.80 Å². The molecule has 49 heavy (non-hydrogen) atoms. The molecule has 0 radical (unpaired) electrons. The zero-order valence-corrected chi connectivity index (χ0v) is 30.9. The average Bonchev–Trinajstić information content (AvgIpc) is 3.50. The highest BCUT2D eigenvalue weighted by Gasteiger charge is 2.66. The van der Waals surface area contributed by atoms with Gasteiger partial charge in [0.15, 0.2) is 13.9 Å². The minimum absolute atomic E-state index is 0.00502. The molecule has 4 aliphatic rings. The van der Waals surface area contributed by atoms with E-state index in [9.17, 15) is 24.3 Å². The van der Waals surface area contributed by atoms with E-state index in [0.29, 0.717) is 25.9 Å². The van der Waals surface area contributed by atoms with Gasteiger partial charge in [0.1, 0.15) is 0 Å². The number of carbonyl (C=O) groups is 3. The Kier molecular flexibility index (Phi) is 9.10. The Balaban J connectivity index is 1.21. The molecule has 0 aliphatic carbocycles. The third kappa shape index (κ3) is 5.97. The summed E-state index contributed by atoms with van der Waals surface area (Å²) in [5.74, 6) is -0.683. The van der Waals surface area contributed by atoms with Crippen molar-refractivity contribution in [3.63, 3.8) is 0 Å². The lowest BCUT2D eigenvalue weighted by Gasteiger charge is -2.37. The van der Waals surface area contributed by atoms with Crippen LogP contribution in [0.2, 0.25) is 18.6 Å². The second-order valence-corrected chi connectivity index (χ2v) is 19.5. The van der Waals surface area contributed by atoms with Crippen LogP contribution in [0.15, 0.2) is 71.2 Å². The summed E-state index contributed by atoms with van der Waals surface area (Å²) in [4.78, 5) is 58.8. The number of hydrogen-bond donors (Lipinski definition) is 2. The monoisotopic (exact) mass is 745 g/mol. The molecule has 7 rings (SSSR count). The van der Waals surface area contributed by atoms with E-state index in [-0.39, 0.29) is 43.3 Å². The van der Waals surface area contributed by atoms with Gasteiger partial charge in [-0.05, 0) is 79.4 Å². The van der Waals surface area contributed by atoms with E-state index in [4.69, 9.17) is 4.74 Å². The first kappa shape index (κ1) is 34.1. The van der Waals surface area contributed by atoms with Crippen LogP contribution in [0, 0.1) is 5.92 Å². The van der Waals surface area contributed by atoms with Gasteiger partial charge in [0.05, 0.1) is 37.4 Å². The third-order valence-corrected chi connectivity index (χ3v) is 14.1. The topological polar surface area (TPSA) is 111 Å². The molecular weight excluding hydrogens is 702 g/mol. The molecule has 11 heteroatoms. The van der Waals surface area contributed by atoms with Gasteiger partial charge in [-0.15, -0.1) is 0 Å². The number of nitrogens with zero attached hydrogens (tertiary/aromatic N) is 3.